The maximum absolute atomic E-state index is 12.7. The van der Waals surface area contributed by atoms with Gasteiger partial charge >= 0.3 is 0 Å². The van der Waals surface area contributed by atoms with Crippen molar-refractivity contribution in [1.82, 2.24) is 15.1 Å². The van der Waals surface area contributed by atoms with Gasteiger partial charge in [-0.1, -0.05) is 54.6 Å². The van der Waals surface area contributed by atoms with Crippen LogP contribution in [0.15, 0.2) is 54.6 Å². The predicted octanol–water partition coefficient (Wildman–Crippen LogP) is 1.95. The van der Waals surface area contributed by atoms with E-state index in [-0.39, 0.29) is 5.91 Å². The maximum atomic E-state index is 12.7. The first-order valence-corrected chi connectivity index (χ1v) is 10.3. The zero-order valence-electron chi connectivity index (χ0n) is 16.1. The third-order valence-corrected chi connectivity index (χ3v) is 6.35. The Hall–Kier alpha value is -2.21. The van der Waals surface area contributed by atoms with Crippen molar-refractivity contribution in [3.63, 3.8) is 0 Å². The van der Waals surface area contributed by atoms with Crippen molar-refractivity contribution in [2.24, 2.45) is 0 Å². The van der Waals surface area contributed by atoms with Crippen molar-refractivity contribution in [3.05, 3.63) is 60.2 Å². The summed E-state index contributed by atoms with van der Waals surface area (Å²) in [5.41, 5.74) is 3.89. The fraction of sp³-hybridized carbons (Fsp3) is 0.435. The molecule has 0 spiro atoms. The second kappa shape index (κ2) is 7.66. The van der Waals surface area contributed by atoms with Crippen LogP contribution in [-0.4, -0.2) is 73.7 Å². The SMILES string of the molecule is O=C(CN1CCOCC1)N1C[C@@H]2N[C@H](C1)C2c1ccc(-c2ccccc2)cc1. The molecule has 4 fully saturated rings. The maximum Gasteiger partial charge on any atom is 0.236 e. The summed E-state index contributed by atoms with van der Waals surface area (Å²) in [4.78, 5) is 17.0. The number of fused-ring (bicyclic) bond motifs is 2. The van der Waals surface area contributed by atoms with E-state index in [0.29, 0.717) is 24.5 Å². The van der Waals surface area contributed by atoms with E-state index in [2.05, 4.69) is 63.6 Å². The number of nitrogens with one attached hydrogen (secondary N) is 1. The molecule has 4 aliphatic rings. The molecule has 146 valence electrons. The topological polar surface area (TPSA) is 44.8 Å². The predicted molar refractivity (Wildman–Crippen MR) is 109 cm³/mol. The Morgan fingerprint density at radius 1 is 0.929 bits per heavy atom. The molecule has 0 aromatic heterocycles. The summed E-state index contributed by atoms with van der Waals surface area (Å²) in [7, 11) is 0. The molecule has 28 heavy (non-hydrogen) atoms. The van der Waals surface area contributed by atoms with Gasteiger partial charge in [-0.25, -0.2) is 0 Å². The van der Waals surface area contributed by atoms with E-state index in [9.17, 15) is 4.79 Å². The third kappa shape index (κ3) is 3.46. The zero-order chi connectivity index (χ0) is 18.9. The summed E-state index contributed by atoms with van der Waals surface area (Å²) in [6.07, 6.45) is 0. The summed E-state index contributed by atoms with van der Waals surface area (Å²) in [5, 5.41) is 3.64. The first-order chi connectivity index (χ1) is 13.8. The highest BCUT2D eigenvalue weighted by Gasteiger charge is 2.48. The molecular weight excluding hydrogens is 350 g/mol. The first kappa shape index (κ1) is 17.9. The summed E-state index contributed by atoms with van der Waals surface area (Å²) in [6.45, 7) is 5.35. The molecule has 0 saturated carbocycles. The number of hydrogen-bond donors (Lipinski definition) is 1. The average Bonchev–Trinajstić information content (AvgIpc) is 2.76. The number of carbonyl (C=O) groups excluding carboxylic acids is 1. The summed E-state index contributed by atoms with van der Waals surface area (Å²) in [6, 6.07) is 20.2. The zero-order valence-corrected chi connectivity index (χ0v) is 16.1. The highest BCUT2D eigenvalue weighted by molar-refractivity contribution is 5.79. The van der Waals surface area contributed by atoms with E-state index in [1.54, 1.807) is 0 Å². The number of benzene rings is 2. The minimum absolute atomic E-state index is 0.260. The average molecular weight is 377 g/mol. The number of morpholine rings is 1. The van der Waals surface area contributed by atoms with Crippen LogP contribution in [0.3, 0.4) is 0 Å². The lowest BCUT2D eigenvalue weighted by Gasteiger charge is -2.55. The highest BCUT2D eigenvalue weighted by Crippen LogP contribution is 2.37. The molecule has 3 atom stereocenters. The van der Waals surface area contributed by atoms with Crippen LogP contribution in [0.4, 0.5) is 0 Å². The van der Waals surface area contributed by atoms with Gasteiger partial charge in [-0.3, -0.25) is 9.69 Å². The standard InChI is InChI=1S/C23H27N3O2/c27-22(16-25-10-12-28-13-11-25)26-14-20-23(21(15-26)24-20)19-8-6-18(7-9-19)17-4-2-1-3-5-17/h1-9,20-21,23-24H,10-16H2/t20-,21+,23?. The van der Waals surface area contributed by atoms with Gasteiger partial charge in [0, 0.05) is 44.2 Å². The van der Waals surface area contributed by atoms with Crippen molar-refractivity contribution in [2.45, 2.75) is 18.0 Å². The third-order valence-electron chi connectivity index (χ3n) is 6.35. The van der Waals surface area contributed by atoms with Crippen LogP contribution in [0.1, 0.15) is 11.5 Å². The van der Waals surface area contributed by atoms with Gasteiger partial charge in [-0.15, -0.1) is 0 Å². The summed E-state index contributed by atoms with van der Waals surface area (Å²) in [5.74, 6) is 0.772. The van der Waals surface area contributed by atoms with E-state index in [1.165, 1.54) is 16.7 Å². The molecule has 5 nitrogen and oxygen atoms in total. The lowest BCUT2D eigenvalue weighted by Crippen LogP contribution is -2.72. The largest absolute Gasteiger partial charge is 0.379 e. The number of carbonyl (C=O) groups is 1. The second-order valence-electron chi connectivity index (χ2n) is 8.08. The van der Waals surface area contributed by atoms with Gasteiger partial charge in [0.05, 0.1) is 19.8 Å². The van der Waals surface area contributed by atoms with Crippen LogP contribution in [0, 0.1) is 0 Å². The first-order valence-electron chi connectivity index (χ1n) is 10.3. The minimum Gasteiger partial charge on any atom is -0.379 e. The molecule has 4 aliphatic heterocycles. The van der Waals surface area contributed by atoms with Crippen LogP contribution in [0.2, 0.25) is 0 Å². The molecule has 2 aromatic carbocycles. The van der Waals surface area contributed by atoms with Crippen molar-refractivity contribution in [3.8, 4) is 11.1 Å². The van der Waals surface area contributed by atoms with Crippen molar-refractivity contribution >= 4 is 5.91 Å². The van der Waals surface area contributed by atoms with Crippen LogP contribution in [0.5, 0.6) is 0 Å². The lowest BCUT2D eigenvalue weighted by atomic mass is 9.74. The number of rotatable bonds is 4. The summed E-state index contributed by atoms with van der Waals surface area (Å²) < 4.78 is 5.37. The normalized spacial score (nSPS) is 27.3. The van der Waals surface area contributed by atoms with Gasteiger partial charge in [0.25, 0.3) is 0 Å². The monoisotopic (exact) mass is 377 g/mol. The lowest BCUT2D eigenvalue weighted by molar-refractivity contribution is -0.138. The van der Waals surface area contributed by atoms with Crippen LogP contribution >= 0.6 is 0 Å². The Kier molecular flexibility index (Phi) is 4.89. The number of piperazine rings is 1. The van der Waals surface area contributed by atoms with Gasteiger partial charge in [0.2, 0.25) is 5.91 Å². The van der Waals surface area contributed by atoms with E-state index in [0.717, 1.165) is 39.4 Å². The van der Waals surface area contributed by atoms with Crippen LogP contribution < -0.4 is 5.32 Å². The molecule has 1 N–H and O–H groups in total. The number of hydrogen-bond acceptors (Lipinski definition) is 4. The molecule has 4 heterocycles. The smallest absolute Gasteiger partial charge is 0.236 e. The fourth-order valence-electron chi connectivity index (χ4n) is 4.77. The molecule has 5 heteroatoms. The Morgan fingerprint density at radius 2 is 1.57 bits per heavy atom. The Labute approximate surface area is 166 Å². The van der Waals surface area contributed by atoms with Crippen molar-refractivity contribution in [2.75, 3.05) is 45.9 Å². The van der Waals surface area contributed by atoms with Gasteiger partial charge < -0.3 is 15.0 Å². The number of ether oxygens (including phenoxy) is 1. The Bertz CT molecular complexity index is 806. The van der Waals surface area contributed by atoms with Gasteiger partial charge in [0.1, 0.15) is 0 Å². The summed E-state index contributed by atoms with van der Waals surface area (Å²) >= 11 is 0. The van der Waals surface area contributed by atoms with Crippen molar-refractivity contribution in [1.29, 1.82) is 0 Å². The number of nitrogens with zero attached hydrogens (tertiary/aromatic N) is 2. The van der Waals surface area contributed by atoms with E-state index < -0.39 is 0 Å². The fourth-order valence-corrected chi connectivity index (χ4v) is 4.77. The molecule has 6 rings (SSSR count). The van der Waals surface area contributed by atoms with Crippen LogP contribution in [-0.2, 0) is 9.53 Å². The Morgan fingerprint density at radius 3 is 2.25 bits per heavy atom. The Balaban J connectivity index is 1.21. The molecule has 1 amide bonds. The molecule has 2 bridgehead atoms. The number of amides is 1. The number of piperidine rings is 1. The minimum atomic E-state index is 0.260. The highest BCUT2D eigenvalue weighted by atomic mass is 16.5. The van der Waals surface area contributed by atoms with Crippen LogP contribution in [0.25, 0.3) is 11.1 Å². The van der Waals surface area contributed by atoms with E-state index >= 15 is 0 Å². The van der Waals surface area contributed by atoms with Gasteiger partial charge in [0.15, 0.2) is 0 Å². The van der Waals surface area contributed by atoms with E-state index in [1.807, 2.05) is 6.07 Å². The molecule has 4 saturated heterocycles. The van der Waals surface area contributed by atoms with Gasteiger partial charge in [-0.2, -0.15) is 0 Å². The molecule has 2 aromatic rings. The molecule has 0 aliphatic carbocycles. The van der Waals surface area contributed by atoms with Gasteiger partial charge in [-0.05, 0) is 16.7 Å². The molecule has 1 unspecified atom stereocenters. The quantitative estimate of drug-likeness (QED) is 0.885. The van der Waals surface area contributed by atoms with E-state index in [4.69, 9.17) is 4.74 Å². The molecule has 0 radical (unpaired) electrons. The van der Waals surface area contributed by atoms with Crippen molar-refractivity contribution < 1.29 is 9.53 Å². The second-order valence-corrected chi connectivity index (χ2v) is 8.08. The molecular formula is C23H27N3O2.